The minimum absolute atomic E-state index is 0.0962. The van der Waals surface area contributed by atoms with Crippen molar-refractivity contribution in [3.8, 4) is 11.1 Å². The van der Waals surface area contributed by atoms with Crippen molar-refractivity contribution in [2.75, 3.05) is 44.3 Å². The number of halogens is 1. The Labute approximate surface area is 202 Å². The second-order valence-corrected chi connectivity index (χ2v) is 9.33. The fourth-order valence-electron chi connectivity index (χ4n) is 4.15. The van der Waals surface area contributed by atoms with Gasteiger partial charge in [-0.3, -0.25) is 14.6 Å². The van der Waals surface area contributed by atoms with E-state index in [0.717, 1.165) is 55.1 Å². The molecule has 1 aliphatic heterocycles. The number of aromatic nitrogens is 1. The zero-order valence-electron chi connectivity index (χ0n) is 18.8. The summed E-state index contributed by atoms with van der Waals surface area (Å²) in [6, 6.07) is 22.3. The molecule has 5 rings (SSSR count). The number of benzene rings is 3. The lowest BCUT2D eigenvalue weighted by molar-refractivity contribution is 0.0376. The molecule has 0 aliphatic carbocycles. The van der Waals surface area contributed by atoms with E-state index in [4.69, 9.17) is 4.74 Å². The highest BCUT2D eigenvalue weighted by atomic mass is 32.1. The molecule has 1 saturated heterocycles. The number of hydrogen-bond acceptors (Lipinski definition) is 5. The van der Waals surface area contributed by atoms with Crippen LogP contribution in [0, 0.1) is 5.82 Å². The molecule has 3 aromatic carbocycles. The van der Waals surface area contributed by atoms with Crippen LogP contribution in [-0.2, 0) is 4.74 Å². The molecule has 1 aromatic heterocycles. The predicted octanol–water partition coefficient (Wildman–Crippen LogP) is 5.47. The van der Waals surface area contributed by atoms with Crippen molar-refractivity contribution in [3.05, 3.63) is 84.2 Å². The number of nitrogens with zero attached hydrogens (tertiary/aromatic N) is 3. The van der Waals surface area contributed by atoms with Crippen molar-refractivity contribution in [2.24, 2.45) is 0 Å². The van der Waals surface area contributed by atoms with Crippen molar-refractivity contribution in [2.45, 2.75) is 6.42 Å². The molecule has 0 radical (unpaired) electrons. The van der Waals surface area contributed by atoms with Gasteiger partial charge in [0.1, 0.15) is 5.82 Å². The Kier molecular flexibility index (Phi) is 6.94. The number of amides is 1. The highest BCUT2D eigenvalue weighted by Crippen LogP contribution is 2.31. The number of anilines is 1. The number of rotatable bonds is 7. The first-order chi connectivity index (χ1) is 16.7. The van der Waals surface area contributed by atoms with Crippen LogP contribution in [0.3, 0.4) is 0 Å². The van der Waals surface area contributed by atoms with E-state index in [9.17, 15) is 9.18 Å². The fourth-order valence-corrected chi connectivity index (χ4v) is 5.17. The largest absolute Gasteiger partial charge is 0.379 e. The molecule has 2 heterocycles. The van der Waals surface area contributed by atoms with Gasteiger partial charge in [0.05, 0.1) is 23.4 Å². The van der Waals surface area contributed by atoms with Crippen LogP contribution in [0.15, 0.2) is 72.8 Å². The molecule has 34 heavy (non-hydrogen) atoms. The van der Waals surface area contributed by atoms with Crippen LogP contribution in [0.4, 0.5) is 9.52 Å². The zero-order chi connectivity index (χ0) is 23.3. The molecule has 0 bridgehead atoms. The van der Waals surface area contributed by atoms with Crippen LogP contribution in [0.25, 0.3) is 21.3 Å². The smallest absolute Gasteiger partial charge is 0.260 e. The summed E-state index contributed by atoms with van der Waals surface area (Å²) >= 11 is 1.35. The molecule has 174 valence electrons. The van der Waals surface area contributed by atoms with E-state index in [1.165, 1.54) is 23.5 Å². The van der Waals surface area contributed by atoms with Gasteiger partial charge in [-0.05, 0) is 47.9 Å². The van der Waals surface area contributed by atoms with Gasteiger partial charge in [0, 0.05) is 31.7 Å². The Morgan fingerprint density at radius 3 is 2.50 bits per heavy atom. The molecule has 4 aromatic rings. The minimum Gasteiger partial charge on any atom is -0.379 e. The van der Waals surface area contributed by atoms with Gasteiger partial charge in [-0.25, -0.2) is 9.37 Å². The first kappa shape index (κ1) is 22.7. The van der Waals surface area contributed by atoms with Gasteiger partial charge in [-0.1, -0.05) is 53.8 Å². The molecule has 1 fully saturated rings. The summed E-state index contributed by atoms with van der Waals surface area (Å²) in [6.45, 7) is 4.75. The number of carbonyl (C=O) groups is 1. The van der Waals surface area contributed by atoms with Crippen LogP contribution in [0.2, 0.25) is 0 Å². The van der Waals surface area contributed by atoms with Crippen molar-refractivity contribution in [3.63, 3.8) is 0 Å². The number of morpholine rings is 1. The van der Waals surface area contributed by atoms with Gasteiger partial charge in [0.25, 0.3) is 5.91 Å². The van der Waals surface area contributed by atoms with Crippen LogP contribution < -0.4 is 4.90 Å². The lowest BCUT2D eigenvalue weighted by Crippen LogP contribution is -2.39. The average Bonchev–Trinajstić information content (AvgIpc) is 3.30. The number of hydrogen-bond donors (Lipinski definition) is 0. The van der Waals surface area contributed by atoms with Crippen molar-refractivity contribution < 1.29 is 13.9 Å². The third kappa shape index (κ3) is 5.17. The monoisotopic (exact) mass is 475 g/mol. The number of carbonyl (C=O) groups excluding carboxylic acids is 1. The van der Waals surface area contributed by atoms with Gasteiger partial charge in [0.15, 0.2) is 5.13 Å². The van der Waals surface area contributed by atoms with Gasteiger partial charge in [-0.15, -0.1) is 0 Å². The maximum absolute atomic E-state index is 13.7. The maximum Gasteiger partial charge on any atom is 0.260 e. The molecule has 7 heteroatoms. The van der Waals surface area contributed by atoms with Gasteiger partial charge >= 0.3 is 0 Å². The third-order valence-electron chi connectivity index (χ3n) is 6.01. The average molecular weight is 476 g/mol. The Balaban J connectivity index is 1.38. The summed E-state index contributed by atoms with van der Waals surface area (Å²) < 4.78 is 19.9. The Morgan fingerprint density at radius 1 is 1.00 bits per heavy atom. The first-order valence-corrected chi connectivity index (χ1v) is 12.3. The summed E-state index contributed by atoms with van der Waals surface area (Å²) in [7, 11) is 0. The van der Waals surface area contributed by atoms with E-state index in [0.29, 0.717) is 22.8 Å². The standard InChI is InChI=1S/C27H26FN3O2S/c28-23-11-12-24-25(19-23)34-27(29-24)31(14-4-13-30-15-17-33-18-16-30)26(32)22-9-7-21(8-10-22)20-5-2-1-3-6-20/h1-3,5-12,19H,4,13-18H2. The zero-order valence-corrected chi connectivity index (χ0v) is 19.6. The van der Waals surface area contributed by atoms with Crippen molar-refractivity contribution in [1.29, 1.82) is 0 Å². The van der Waals surface area contributed by atoms with Crippen LogP contribution in [0.1, 0.15) is 16.8 Å². The predicted molar refractivity (Wildman–Crippen MR) is 135 cm³/mol. The number of ether oxygens (including phenoxy) is 1. The van der Waals surface area contributed by atoms with E-state index in [2.05, 4.69) is 22.0 Å². The topological polar surface area (TPSA) is 45.7 Å². The molecule has 5 nitrogen and oxygen atoms in total. The lowest BCUT2D eigenvalue weighted by atomic mass is 10.0. The van der Waals surface area contributed by atoms with Gasteiger partial charge in [0.2, 0.25) is 0 Å². The Bertz CT molecular complexity index is 1250. The molecule has 0 spiro atoms. The summed E-state index contributed by atoms with van der Waals surface area (Å²) in [5, 5.41) is 0.597. The normalized spacial score (nSPS) is 14.4. The van der Waals surface area contributed by atoms with E-state index in [1.807, 2.05) is 42.5 Å². The second-order valence-electron chi connectivity index (χ2n) is 8.32. The van der Waals surface area contributed by atoms with Crippen LogP contribution in [0.5, 0.6) is 0 Å². The Hall–Kier alpha value is -3.13. The van der Waals surface area contributed by atoms with Crippen LogP contribution in [-0.4, -0.2) is 55.2 Å². The molecule has 0 atom stereocenters. The van der Waals surface area contributed by atoms with E-state index < -0.39 is 0 Å². The fraction of sp³-hybridized carbons (Fsp3) is 0.259. The minimum atomic E-state index is -0.301. The molecular formula is C27H26FN3O2S. The summed E-state index contributed by atoms with van der Waals surface area (Å²) in [6.07, 6.45) is 0.818. The summed E-state index contributed by atoms with van der Waals surface area (Å²) in [4.78, 5) is 22.4. The molecule has 1 amide bonds. The van der Waals surface area contributed by atoms with E-state index in [-0.39, 0.29) is 11.7 Å². The SMILES string of the molecule is O=C(c1ccc(-c2ccccc2)cc1)N(CCCN1CCOCC1)c1nc2ccc(F)cc2s1. The summed E-state index contributed by atoms with van der Waals surface area (Å²) in [5.74, 6) is -0.398. The maximum atomic E-state index is 13.7. The molecule has 0 saturated carbocycles. The van der Waals surface area contributed by atoms with Crippen molar-refractivity contribution in [1.82, 2.24) is 9.88 Å². The molecule has 0 N–H and O–H groups in total. The number of fused-ring (bicyclic) bond motifs is 1. The molecular weight excluding hydrogens is 449 g/mol. The number of thiazole rings is 1. The highest BCUT2D eigenvalue weighted by Gasteiger charge is 2.22. The highest BCUT2D eigenvalue weighted by molar-refractivity contribution is 7.22. The van der Waals surface area contributed by atoms with E-state index >= 15 is 0 Å². The quantitative estimate of drug-likeness (QED) is 0.356. The second kappa shape index (κ2) is 10.4. The third-order valence-corrected chi connectivity index (χ3v) is 7.06. The lowest BCUT2D eigenvalue weighted by Gasteiger charge is -2.27. The van der Waals surface area contributed by atoms with Crippen molar-refractivity contribution >= 4 is 32.6 Å². The first-order valence-electron chi connectivity index (χ1n) is 11.5. The summed E-state index contributed by atoms with van der Waals surface area (Å²) in [5.41, 5.74) is 3.48. The molecule has 1 aliphatic rings. The van der Waals surface area contributed by atoms with Gasteiger partial charge < -0.3 is 4.74 Å². The van der Waals surface area contributed by atoms with Gasteiger partial charge in [-0.2, -0.15) is 0 Å². The van der Waals surface area contributed by atoms with E-state index in [1.54, 1.807) is 11.0 Å². The van der Waals surface area contributed by atoms with Crippen LogP contribution >= 0.6 is 11.3 Å². The molecule has 0 unspecified atom stereocenters. The Morgan fingerprint density at radius 2 is 1.74 bits per heavy atom.